The molecule has 2 rings (SSSR count). The number of carboxylic acid groups (broad SMARTS) is 1. The third-order valence-electron chi connectivity index (χ3n) is 3.06. The Morgan fingerprint density at radius 2 is 1.80 bits per heavy atom. The quantitative estimate of drug-likeness (QED) is 0.858. The predicted molar refractivity (Wildman–Crippen MR) is 80.6 cm³/mol. The van der Waals surface area contributed by atoms with E-state index < -0.39 is 5.97 Å². The van der Waals surface area contributed by atoms with Crippen molar-refractivity contribution < 1.29 is 14.7 Å². The highest BCUT2D eigenvalue weighted by Gasteiger charge is 2.12. The number of fused-ring (bicyclic) bond motifs is 1. The number of hydrogen-bond donors (Lipinski definition) is 1. The molecule has 0 aliphatic rings. The summed E-state index contributed by atoms with van der Waals surface area (Å²) >= 11 is 1.13. The molecule has 0 aliphatic carbocycles. The van der Waals surface area contributed by atoms with Crippen molar-refractivity contribution in [2.24, 2.45) is 0 Å². The predicted octanol–water partition coefficient (Wildman–Crippen LogP) is 3.62. The lowest BCUT2D eigenvalue weighted by atomic mass is 10.0. The number of rotatable bonds is 2. The molecule has 0 heterocycles. The summed E-state index contributed by atoms with van der Waals surface area (Å²) in [6.07, 6.45) is 0. The Morgan fingerprint density at radius 3 is 2.40 bits per heavy atom. The maximum atomic E-state index is 11.7. The fourth-order valence-electron chi connectivity index (χ4n) is 1.94. The van der Waals surface area contributed by atoms with Crippen molar-refractivity contribution in [3.63, 3.8) is 0 Å². The van der Waals surface area contributed by atoms with Gasteiger partial charge in [0, 0.05) is 19.0 Å². The van der Waals surface area contributed by atoms with E-state index in [0.717, 1.165) is 33.0 Å². The van der Waals surface area contributed by atoms with Crippen LogP contribution in [0.5, 0.6) is 0 Å². The second-order valence-corrected chi connectivity index (χ2v) is 5.71. The third kappa shape index (κ3) is 2.77. The van der Waals surface area contributed by atoms with Gasteiger partial charge in [-0.25, -0.2) is 4.79 Å². The maximum Gasteiger partial charge on any atom is 0.335 e. The first-order chi connectivity index (χ1) is 9.40. The normalized spacial score (nSPS) is 10.6. The summed E-state index contributed by atoms with van der Waals surface area (Å²) in [5.41, 5.74) is 1.01. The molecule has 1 N–H and O–H groups in total. The lowest BCUT2D eigenvalue weighted by molar-refractivity contribution is 0.0696. The number of nitrogens with zero attached hydrogens (tertiary/aromatic N) is 1. The van der Waals surface area contributed by atoms with Gasteiger partial charge in [-0.15, -0.1) is 0 Å². The second kappa shape index (κ2) is 5.54. The monoisotopic (exact) mass is 289 g/mol. The molecule has 0 bridgehead atoms. The van der Waals surface area contributed by atoms with Gasteiger partial charge in [-0.1, -0.05) is 12.1 Å². The molecule has 1 amide bonds. The SMILES string of the molecule is Cc1c(C(=O)O)ccc2ccc(SC(=O)N(C)C)cc12. The van der Waals surface area contributed by atoms with E-state index >= 15 is 0 Å². The molecule has 2 aromatic rings. The van der Waals surface area contributed by atoms with Crippen LogP contribution >= 0.6 is 11.8 Å². The minimum Gasteiger partial charge on any atom is -0.478 e. The average molecular weight is 289 g/mol. The van der Waals surface area contributed by atoms with E-state index in [4.69, 9.17) is 5.11 Å². The van der Waals surface area contributed by atoms with Crippen LogP contribution in [0.3, 0.4) is 0 Å². The summed E-state index contributed by atoms with van der Waals surface area (Å²) in [5.74, 6) is -0.938. The van der Waals surface area contributed by atoms with Gasteiger partial charge in [-0.3, -0.25) is 4.79 Å². The van der Waals surface area contributed by atoms with Crippen molar-refractivity contribution in [1.82, 2.24) is 4.90 Å². The molecule has 0 aromatic heterocycles. The van der Waals surface area contributed by atoms with E-state index in [1.165, 1.54) is 4.90 Å². The first-order valence-electron chi connectivity index (χ1n) is 6.06. The fraction of sp³-hybridized carbons (Fsp3) is 0.200. The highest BCUT2D eigenvalue weighted by atomic mass is 32.2. The van der Waals surface area contributed by atoms with Crippen molar-refractivity contribution in [2.75, 3.05) is 14.1 Å². The van der Waals surface area contributed by atoms with Crippen LogP contribution in [-0.2, 0) is 0 Å². The van der Waals surface area contributed by atoms with Crippen LogP contribution in [0, 0.1) is 6.92 Å². The lowest BCUT2D eigenvalue weighted by Gasteiger charge is -2.11. The Labute approximate surface area is 121 Å². The van der Waals surface area contributed by atoms with Crippen LogP contribution in [0.2, 0.25) is 0 Å². The first kappa shape index (κ1) is 14.4. The van der Waals surface area contributed by atoms with Crippen molar-refractivity contribution in [3.05, 3.63) is 41.5 Å². The van der Waals surface area contributed by atoms with E-state index in [0.29, 0.717) is 5.56 Å². The van der Waals surface area contributed by atoms with Crippen LogP contribution in [-0.4, -0.2) is 35.3 Å². The molecule has 0 unspecified atom stereocenters. The average Bonchev–Trinajstić information content (AvgIpc) is 2.39. The number of hydrogen-bond acceptors (Lipinski definition) is 3. The van der Waals surface area contributed by atoms with Crippen LogP contribution < -0.4 is 0 Å². The van der Waals surface area contributed by atoms with E-state index in [1.54, 1.807) is 33.2 Å². The first-order valence-corrected chi connectivity index (χ1v) is 6.87. The molecule has 0 spiro atoms. The van der Waals surface area contributed by atoms with Crippen molar-refractivity contribution in [2.45, 2.75) is 11.8 Å². The van der Waals surface area contributed by atoms with Gasteiger partial charge in [0.15, 0.2) is 0 Å². The van der Waals surface area contributed by atoms with E-state index in [-0.39, 0.29) is 5.24 Å². The topological polar surface area (TPSA) is 57.6 Å². The Balaban J connectivity index is 2.49. The van der Waals surface area contributed by atoms with E-state index in [1.807, 2.05) is 18.2 Å². The second-order valence-electron chi connectivity index (χ2n) is 4.69. The Kier molecular flexibility index (Phi) is 3.99. The minimum atomic E-state index is -0.938. The number of aromatic carboxylic acids is 1. The minimum absolute atomic E-state index is 0.0589. The van der Waals surface area contributed by atoms with Crippen LogP contribution in [0.15, 0.2) is 35.2 Å². The zero-order valence-electron chi connectivity index (χ0n) is 11.5. The lowest BCUT2D eigenvalue weighted by Crippen LogP contribution is -2.15. The summed E-state index contributed by atoms with van der Waals surface area (Å²) in [6, 6.07) is 9.03. The fourth-order valence-corrected chi connectivity index (χ4v) is 2.63. The molecule has 20 heavy (non-hydrogen) atoms. The highest BCUT2D eigenvalue weighted by Crippen LogP contribution is 2.28. The number of benzene rings is 2. The van der Waals surface area contributed by atoms with Gasteiger partial charge >= 0.3 is 5.97 Å². The third-order valence-corrected chi connectivity index (χ3v) is 4.09. The molecule has 0 atom stereocenters. The Morgan fingerprint density at radius 1 is 1.15 bits per heavy atom. The Hall–Kier alpha value is -2.01. The number of carbonyl (C=O) groups excluding carboxylic acids is 1. The van der Waals surface area contributed by atoms with Gasteiger partial charge < -0.3 is 10.0 Å². The largest absolute Gasteiger partial charge is 0.478 e. The molecule has 104 valence electrons. The molecule has 0 fully saturated rings. The highest BCUT2D eigenvalue weighted by molar-refractivity contribution is 8.13. The summed E-state index contributed by atoms with van der Waals surface area (Å²) in [6.45, 7) is 1.79. The number of carboxylic acids is 1. The summed E-state index contributed by atoms with van der Waals surface area (Å²) in [7, 11) is 3.40. The van der Waals surface area contributed by atoms with Gasteiger partial charge in [0.2, 0.25) is 0 Å². The Bertz CT molecular complexity index is 695. The molecular weight excluding hydrogens is 274 g/mol. The molecule has 5 heteroatoms. The van der Waals surface area contributed by atoms with Gasteiger partial charge in [0.25, 0.3) is 5.24 Å². The van der Waals surface area contributed by atoms with Gasteiger partial charge in [0.05, 0.1) is 5.56 Å². The molecule has 4 nitrogen and oxygen atoms in total. The van der Waals surface area contributed by atoms with Crippen LogP contribution in [0.1, 0.15) is 15.9 Å². The maximum absolute atomic E-state index is 11.7. The van der Waals surface area contributed by atoms with Gasteiger partial charge in [-0.05, 0) is 53.2 Å². The zero-order chi connectivity index (χ0) is 14.9. The number of amides is 1. The molecule has 0 saturated carbocycles. The van der Waals surface area contributed by atoms with E-state index in [9.17, 15) is 9.59 Å². The standard InChI is InChI=1S/C15H15NO3S/c1-9-12(14(17)18)7-5-10-4-6-11(8-13(9)10)20-15(19)16(2)3/h4-8H,1-3H3,(H,17,18). The molecule has 0 aliphatic heterocycles. The van der Waals surface area contributed by atoms with Crippen molar-refractivity contribution in [1.29, 1.82) is 0 Å². The van der Waals surface area contributed by atoms with Crippen molar-refractivity contribution >= 4 is 33.7 Å². The van der Waals surface area contributed by atoms with Crippen LogP contribution in [0.4, 0.5) is 4.79 Å². The summed E-state index contributed by atoms with van der Waals surface area (Å²) in [4.78, 5) is 25.2. The zero-order valence-corrected chi connectivity index (χ0v) is 12.3. The molecular formula is C15H15NO3S. The number of aryl methyl sites for hydroxylation is 1. The molecule has 2 aromatic carbocycles. The number of carbonyl (C=O) groups is 2. The van der Waals surface area contributed by atoms with Gasteiger partial charge in [-0.2, -0.15) is 0 Å². The van der Waals surface area contributed by atoms with E-state index in [2.05, 4.69) is 0 Å². The smallest absolute Gasteiger partial charge is 0.335 e. The number of thioether (sulfide) groups is 1. The molecule has 0 saturated heterocycles. The van der Waals surface area contributed by atoms with Crippen LogP contribution in [0.25, 0.3) is 10.8 Å². The summed E-state index contributed by atoms with van der Waals surface area (Å²) in [5, 5.41) is 10.9. The molecule has 0 radical (unpaired) electrons. The summed E-state index contributed by atoms with van der Waals surface area (Å²) < 4.78 is 0. The van der Waals surface area contributed by atoms with Gasteiger partial charge in [0.1, 0.15) is 0 Å². The van der Waals surface area contributed by atoms with Crippen molar-refractivity contribution in [3.8, 4) is 0 Å².